The zero-order chi connectivity index (χ0) is 24.1. The first-order valence-corrected chi connectivity index (χ1v) is 9.68. The van der Waals surface area contributed by atoms with E-state index in [0.29, 0.717) is 5.56 Å². The Kier molecular flexibility index (Phi) is 5.79. The zero-order valence-electron chi connectivity index (χ0n) is 16.5. The maximum Gasteiger partial charge on any atom is 0.432 e. The van der Waals surface area contributed by atoms with Crippen LogP contribution in [-0.4, -0.2) is 0 Å². The Balaban J connectivity index is 1.70. The van der Waals surface area contributed by atoms with Crippen molar-refractivity contribution in [2.45, 2.75) is 31.3 Å². The number of rotatable bonds is 5. The van der Waals surface area contributed by atoms with Crippen LogP contribution < -0.4 is 4.74 Å². The summed E-state index contributed by atoms with van der Waals surface area (Å²) in [5.74, 6) is -13.1. The van der Waals surface area contributed by atoms with Gasteiger partial charge in [-0.3, -0.25) is 0 Å². The van der Waals surface area contributed by atoms with E-state index in [1.54, 1.807) is 0 Å². The van der Waals surface area contributed by atoms with Gasteiger partial charge in [0, 0.05) is 12.1 Å². The monoisotopic (exact) mass is 476 g/mol. The van der Waals surface area contributed by atoms with E-state index in [2.05, 4.69) is 4.74 Å². The number of benzene rings is 3. The summed E-state index contributed by atoms with van der Waals surface area (Å²) in [5, 5.41) is 0. The third-order valence-corrected chi connectivity index (χ3v) is 5.47. The SMILES string of the molecule is Fc1cc(OC(F)(F)c2c(F)cc(-c3c(F)cc(C4CCC4)cc3F)cc2F)cc(F)c1F. The fourth-order valence-electron chi connectivity index (χ4n) is 3.63. The maximum absolute atomic E-state index is 14.6. The van der Waals surface area contributed by atoms with Crippen LogP contribution in [-0.2, 0) is 6.11 Å². The second-order valence-electron chi connectivity index (χ2n) is 7.62. The van der Waals surface area contributed by atoms with Crippen molar-refractivity contribution in [1.29, 1.82) is 0 Å². The highest BCUT2D eigenvalue weighted by atomic mass is 19.3. The van der Waals surface area contributed by atoms with E-state index in [1.807, 2.05) is 0 Å². The van der Waals surface area contributed by atoms with Gasteiger partial charge in [0.1, 0.15) is 34.6 Å². The summed E-state index contributed by atoms with van der Waals surface area (Å²) in [4.78, 5) is 0. The van der Waals surface area contributed by atoms with Crippen molar-refractivity contribution in [3.05, 3.63) is 88.2 Å². The van der Waals surface area contributed by atoms with Gasteiger partial charge in [0.2, 0.25) is 0 Å². The van der Waals surface area contributed by atoms with Crippen molar-refractivity contribution < 1.29 is 44.3 Å². The fourth-order valence-corrected chi connectivity index (χ4v) is 3.63. The highest BCUT2D eigenvalue weighted by molar-refractivity contribution is 5.66. The minimum absolute atomic E-state index is 0.0316. The first kappa shape index (κ1) is 23.0. The minimum Gasteiger partial charge on any atom is -0.429 e. The van der Waals surface area contributed by atoms with E-state index in [0.717, 1.165) is 31.4 Å². The van der Waals surface area contributed by atoms with Crippen molar-refractivity contribution in [3.8, 4) is 16.9 Å². The molecule has 0 unspecified atom stereocenters. The van der Waals surface area contributed by atoms with Gasteiger partial charge in [-0.05, 0) is 54.2 Å². The summed E-state index contributed by atoms with van der Waals surface area (Å²) in [6.07, 6.45) is -2.42. The Morgan fingerprint density at radius 1 is 0.667 bits per heavy atom. The Labute approximate surface area is 181 Å². The lowest BCUT2D eigenvalue weighted by Crippen LogP contribution is -2.25. The Bertz CT molecular complexity index is 1170. The highest BCUT2D eigenvalue weighted by Crippen LogP contribution is 2.41. The molecule has 0 amide bonds. The van der Waals surface area contributed by atoms with Crippen molar-refractivity contribution in [3.63, 3.8) is 0 Å². The Morgan fingerprint density at radius 3 is 1.64 bits per heavy atom. The number of hydrogen-bond donors (Lipinski definition) is 0. The van der Waals surface area contributed by atoms with Crippen LogP contribution in [0.1, 0.15) is 36.3 Å². The normalized spacial score (nSPS) is 14.3. The van der Waals surface area contributed by atoms with Gasteiger partial charge in [-0.25, -0.2) is 30.7 Å². The molecule has 1 nitrogen and oxygen atoms in total. The lowest BCUT2D eigenvalue weighted by Gasteiger charge is -2.26. The molecule has 1 fully saturated rings. The molecular formula is C23H13F9O. The third kappa shape index (κ3) is 4.26. The van der Waals surface area contributed by atoms with Crippen LogP contribution in [0.2, 0.25) is 0 Å². The predicted octanol–water partition coefficient (Wildman–Crippen LogP) is 7.72. The number of ether oxygens (including phenoxy) is 1. The molecule has 1 aliphatic carbocycles. The van der Waals surface area contributed by atoms with Gasteiger partial charge >= 0.3 is 6.11 Å². The second kappa shape index (κ2) is 8.31. The predicted molar refractivity (Wildman–Crippen MR) is 99.1 cm³/mol. The third-order valence-electron chi connectivity index (χ3n) is 5.47. The molecule has 33 heavy (non-hydrogen) atoms. The molecule has 0 N–H and O–H groups in total. The van der Waals surface area contributed by atoms with Crippen LogP contribution in [0, 0.1) is 40.7 Å². The summed E-state index contributed by atoms with van der Waals surface area (Å²) in [7, 11) is 0. The summed E-state index contributed by atoms with van der Waals surface area (Å²) in [6.45, 7) is 0. The van der Waals surface area contributed by atoms with Gasteiger partial charge in [-0.1, -0.05) is 6.42 Å². The zero-order valence-corrected chi connectivity index (χ0v) is 16.5. The first-order chi connectivity index (χ1) is 15.5. The Morgan fingerprint density at radius 2 is 1.18 bits per heavy atom. The highest BCUT2D eigenvalue weighted by Gasteiger charge is 2.42. The van der Waals surface area contributed by atoms with E-state index in [9.17, 15) is 39.5 Å². The van der Waals surface area contributed by atoms with Gasteiger partial charge in [0.05, 0.1) is 5.56 Å². The molecule has 3 aromatic carbocycles. The molecular weight excluding hydrogens is 463 g/mol. The van der Waals surface area contributed by atoms with Gasteiger partial charge in [0.15, 0.2) is 17.5 Å². The summed E-state index contributed by atoms with van der Waals surface area (Å²) in [6, 6.07) is 2.75. The van der Waals surface area contributed by atoms with E-state index in [-0.39, 0.29) is 30.2 Å². The van der Waals surface area contributed by atoms with Crippen LogP contribution >= 0.6 is 0 Å². The smallest absolute Gasteiger partial charge is 0.429 e. The van der Waals surface area contributed by atoms with E-state index in [1.165, 1.54) is 0 Å². The largest absolute Gasteiger partial charge is 0.432 e. The molecule has 0 atom stereocenters. The van der Waals surface area contributed by atoms with Crippen LogP contribution in [0.4, 0.5) is 39.5 Å². The average molecular weight is 476 g/mol. The molecule has 0 heterocycles. The average Bonchev–Trinajstić information content (AvgIpc) is 2.63. The second-order valence-corrected chi connectivity index (χ2v) is 7.62. The molecule has 1 saturated carbocycles. The van der Waals surface area contributed by atoms with Gasteiger partial charge in [-0.15, -0.1) is 0 Å². The molecule has 3 aromatic rings. The molecule has 0 radical (unpaired) electrons. The lowest BCUT2D eigenvalue weighted by molar-refractivity contribution is -0.189. The maximum atomic E-state index is 14.6. The fraction of sp³-hybridized carbons (Fsp3) is 0.217. The van der Waals surface area contributed by atoms with Crippen LogP contribution in [0.3, 0.4) is 0 Å². The van der Waals surface area contributed by atoms with E-state index < -0.39 is 69.3 Å². The van der Waals surface area contributed by atoms with Gasteiger partial charge in [0.25, 0.3) is 0 Å². The van der Waals surface area contributed by atoms with Gasteiger partial charge in [-0.2, -0.15) is 8.78 Å². The Hall–Kier alpha value is -3.17. The van der Waals surface area contributed by atoms with Crippen molar-refractivity contribution in [1.82, 2.24) is 0 Å². The van der Waals surface area contributed by atoms with Crippen molar-refractivity contribution in [2.24, 2.45) is 0 Å². The van der Waals surface area contributed by atoms with Crippen LogP contribution in [0.15, 0.2) is 36.4 Å². The molecule has 1 aliphatic rings. The van der Waals surface area contributed by atoms with E-state index in [4.69, 9.17) is 0 Å². The van der Waals surface area contributed by atoms with Gasteiger partial charge < -0.3 is 4.74 Å². The molecule has 0 aromatic heterocycles. The molecule has 174 valence electrons. The summed E-state index contributed by atoms with van der Waals surface area (Å²) < 4.78 is 130. The number of alkyl halides is 2. The quantitative estimate of drug-likeness (QED) is 0.271. The van der Waals surface area contributed by atoms with Crippen molar-refractivity contribution >= 4 is 0 Å². The number of hydrogen-bond acceptors (Lipinski definition) is 1. The summed E-state index contributed by atoms with van der Waals surface area (Å²) >= 11 is 0. The number of halogens is 9. The lowest BCUT2D eigenvalue weighted by atomic mass is 9.79. The summed E-state index contributed by atoms with van der Waals surface area (Å²) in [5.41, 5.74) is -3.08. The molecule has 0 saturated heterocycles. The minimum atomic E-state index is -4.81. The van der Waals surface area contributed by atoms with Crippen LogP contribution in [0.5, 0.6) is 5.75 Å². The molecule has 0 aliphatic heterocycles. The van der Waals surface area contributed by atoms with Crippen LogP contribution in [0.25, 0.3) is 11.1 Å². The molecule has 0 spiro atoms. The first-order valence-electron chi connectivity index (χ1n) is 9.68. The van der Waals surface area contributed by atoms with Crippen molar-refractivity contribution in [2.75, 3.05) is 0 Å². The molecule has 10 heteroatoms. The van der Waals surface area contributed by atoms with E-state index >= 15 is 0 Å². The topological polar surface area (TPSA) is 9.23 Å². The standard InChI is InChI=1S/C23H13F9O/c24-14-4-11(10-2-1-3-10)5-15(25)20(14)12-6-16(26)21(17(27)7-12)23(31,32)33-13-8-18(28)22(30)19(29)9-13/h4-10H,1-3H2. The molecule has 4 rings (SSSR count). The molecule has 0 bridgehead atoms.